The fraction of sp³-hybridized carbons (Fsp3) is 0.300. The molecule has 0 heterocycles. The van der Waals surface area contributed by atoms with E-state index in [0.29, 0.717) is 0 Å². The first-order chi connectivity index (χ1) is 12.8. The number of phenolic OH excluding ortho intramolecular Hbond substituents is 2. The number of nitrogens with zero attached hydrogens (tertiary/aromatic N) is 2. The Bertz CT molecular complexity index is 645. The quantitative estimate of drug-likeness (QED) is 0.499. The molecule has 0 aliphatic heterocycles. The second-order valence-electron chi connectivity index (χ2n) is 5.60. The van der Waals surface area contributed by atoms with Crippen molar-refractivity contribution in [2.45, 2.75) is 25.7 Å². The molecule has 2 aromatic rings. The maximum absolute atomic E-state index is 9.61. The molecule has 6 heteroatoms. The predicted octanol–water partition coefficient (Wildman–Crippen LogP) is 4.07. The Hall–Kier alpha value is -2.24. The summed E-state index contributed by atoms with van der Waals surface area (Å²) in [7, 11) is 0. The molecule has 0 aliphatic carbocycles. The summed E-state index contributed by atoms with van der Waals surface area (Å²) in [5, 5.41) is 19.2. The Morgan fingerprint density at radius 2 is 1.08 bits per heavy atom. The third-order valence-electron chi connectivity index (χ3n) is 3.66. The molecule has 137 valence electrons. The summed E-state index contributed by atoms with van der Waals surface area (Å²) in [4.78, 5) is 8.69. The molecule has 0 radical (unpaired) electrons. The summed E-state index contributed by atoms with van der Waals surface area (Å²) in [6, 6.07) is 14.4. The number of para-hydroxylation sites is 2. The van der Waals surface area contributed by atoms with Gasteiger partial charge in [0.1, 0.15) is 11.5 Å². The molecular formula is C20H24N2O3V. The van der Waals surface area contributed by atoms with E-state index in [2.05, 4.69) is 9.98 Å². The van der Waals surface area contributed by atoms with Gasteiger partial charge in [-0.25, -0.2) is 0 Å². The van der Waals surface area contributed by atoms with Crippen LogP contribution in [0.5, 0.6) is 11.5 Å². The first kappa shape index (κ1) is 21.8. The topological polar surface area (TPSA) is 82.2 Å². The number of phenols is 2. The SMILES string of the molecule is Oc1ccccc1C=NCCCCCCN=Cc1ccccc1O.[O]=[V]. The van der Waals surface area contributed by atoms with Gasteiger partial charge in [-0.15, -0.1) is 0 Å². The number of unbranched alkanes of at least 4 members (excludes halogenated alkanes) is 3. The number of hydrogen-bond donors (Lipinski definition) is 2. The fourth-order valence-electron chi connectivity index (χ4n) is 2.28. The van der Waals surface area contributed by atoms with Gasteiger partial charge in [0.05, 0.1) is 0 Å². The van der Waals surface area contributed by atoms with Crippen molar-refractivity contribution in [3.63, 3.8) is 0 Å². The number of aromatic hydroxyl groups is 2. The Kier molecular flexibility index (Phi) is 11.7. The van der Waals surface area contributed by atoms with Crippen molar-refractivity contribution in [2.75, 3.05) is 13.1 Å². The van der Waals surface area contributed by atoms with Crippen molar-refractivity contribution in [3.8, 4) is 11.5 Å². The zero-order chi connectivity index (χ0) is 19.0. The molecule has 0 unspecified atom stereocenters. The summed E-state index contributed by atoms with van der Waals surface area (Å²) < 4.78 is 8.19. The molecule has 0 spiro atoms. The van der Waals surface area contributed by atoms with Gasteiger partial charge in [-0.3, -0.25) is 9.98 Å². The third-order valence-corrected chi connectivity index (χ3v) is 3.66. The van der Waals surface area contributed by atoms with Gasteiger partial charge < -0.3 is 10.2 Å². The van der Waals surface area contributed by atoms with Gasteiger partial charge in [0.2, 0.25) is 0 Å². The number of rotatable bonds is 9. The number of aliphatic imine (C=N–C) groups is 2. The van der Waals surface area contributed by atoms with E-state index >= 15 is 0 Å². The monoisotopic (exact) mass is 391 g/mol. The molecule has 0 bridgehead atoms. The molecule has 2 N–H and O–H groups in total. The zero-order valence-corrected chi connectivity index (χ0v) is 16.1. The van der Waals surface area contributed by atoms with Crippen LogP contribution in [0.4, 0.5) is 0 Å². The van der Waals surface area contributed by atoms with E-state index in [9.17, 15) is 10.2 Å². The van der Waals surface area contributed by atoms with Crippen molar-refractivity contribution in [2.24, 2.45) is 9.98 Å². The second-order valence-corrected chi connectivity index (χ2v) is 5.60. The van der Waals surface area contributed by atoms with Crippen molar-refractivity contribution in [1.82, 2.24) is 0 Å². The first-order valence-electron chi connectivity index (χ1n) is 8.51. The van der Waals surface area contributed by atoms with Gasteiger partial charge in [0.25, 0.3) is 0 Å². The number of hydrogen-bond acceptors (Lipinski definition) is 5. The van der Waals surface area contributed by atoms with E-state index in [1.54, 1.807) is 36.7 Å². The van der Waals surface area contributed by atoms with E-state index in [1.165, 1.54) is 0 Å². The van der Waals surface area contributed by atoms with Crippen LogP contribution in [0.3, 0.4) is 0 Å². The van der Waals surface area contributed by atoms with Gasteiger partial charge in [0.15, 0.2) is 0 Å². The molecule has 26 heavy (non-hydrogen) atoms. The molecule has 2 rings (SSSR count). The summed E-state index contributed by atoms with van der Waals surface area (Å²) >= 11 is 1.06. The molecule has 0 aliphatic rings. The van der Waals surface area contributed by atoms with Crippen LogP contribution in [0, 0.1) is 0 Å². The first-order valence-corrected chi connectivity index (χ1v) is 9.08. The zero-order valence-electron chi connectivity index (χ0n) is 14.7. The molecule has 0 amide bonds. The molecular weight excluding hydrogens is 367 g/mol. The number of benzene rings is 2. The van der Waals surface area contributed by atoms with Crippen molar-refractivity contribution in [3.05, 3.63) is 59.7 Å². The molecule has 2 aromatic carbocycles. The Balaban J connectivity index is 0.00000163. The van der Waals surface area contributed by atoms with E-state index < -0.39 is 0 Å². The second kappa shape index (κ2) is 14.0. The Morgan fingerprint density at radius 3 is 1.46 bits per heavy atom. The van der Waals surface area contributed by atoms with E-state index in [0.717, 1.165) is 67.3 Å². The summed E-state index contributed by atoms with van der Waals surface area (Å²) in [5.74, 6) is 0.534. The molecule has 0 saturated carbocycles. The average Bonchev–Trinajstić information content (AvgIpc) is 2.67. The van der Waals surface area contributed by atoms with Gasteiger partial charge in [0, 0.05) is 36.6 Å². The van der Waals surface area contributed by atoms with Crippen LogP contribution in [0.1, 0.15) is 36.8 Å². The minimum atomic E-state index is 0.267. The van der Waals surface area contributed by atoms with Gasteiger partial charge in [-0.05, 0) is 37.1 Å². The summed E-state index contributed by atoms with van der Waals surface area (Å²) in [6.07, 6.45) is 7.76. The third kappa shape index (κ3) is 8.74. The molecule has 0 saturated heterocycles. The van der Waals surface area contributed by atoms with Gasteiger partial charge in [-0.1, -0.05) is 37.1 Å². The molecule has 0 aromatic heterocycles. The van der Waals surface area contributed by atoms with Crippen molar-refractivity contribution >= 4 is 12.4 Å². The standard InChI is InChI=1S/C20H24N2O2.O.V/c23-19-11-5-3-9-17(19)15-21-13-7-1-2-8-14-22-16-18-10-4-6-12-20(18)24;;/h3-6,9-12,15-16,23-24H,1-2,7-8,13-14H2;;. The van der Waals surface area contributed by atoms with E-state index in [1.807, 2.05) is 24.3 Å². The average molecular weight is 391 g/mol. The Morgan fingerprint density at radius 1 is 0.692 bits per heavy atom. The van der Waals surface area contributed by atoms with E-state index in [4.69, 9.17) is 3.67 Å². The van der Waals surface area contributed by atoms with Crippen LogP contribution in [-0.4, -0.2) is 35.7 Å². The molecule has 5 nitrogen and oxygen atoms in total. The van der Waals surface area contributed by atoms with Crippen LogP contribution in [0.25, 0.3) is 0 Å². The van der Waals surface area contributed by atoms with Crippen LogP contribution < -0.4 is 0 Å². The van der Waals surface area contributed by atoms with Gasteiger partial charge >= 0.3 is 21.0 Å². The van der Waals surface area contributed by atoms with Crippen molar-refractivity contribution < 1.29 is 31.3 Å². The molecule has 0 atom stereocenters. The van der Waals surface area contributed by atoms with E-state index in [-0.39, 0.29) is 11.5 Å². The predicted molar refractivity (Wildman–Crippen MR) is 100 cm³/mol. The summed E-state index contributed by atoms with van der Waals surface area (Å²) in [6.45, 7) is 1.55. The fourth-order valence-corrected chi connectivity index (χ4v) is 2.28. The Labute approximate surface area is 163 Å². The van der Waals surface area contributed by atoms with Crippen LogP contribution >= 0.6 is 0 Å². The van der Waals surface area contributed by atoms with Crippen LogP contribution in [0.2, 0.25) is 0 Å². The van der Waals surface area contributed by atoms with Crippen LogP contribution in [-0.2, 0) is 21.0 Å². The van der Waals surface area contributed by atoms with Crippen LogP contribution in [0.15, 0.2) is 58.5 Å². The molecule has 0 fully saturated rings. The minimum absolute atomic E-state index is 0.267. The van der Waals surface area contributed by atoms with Gasteiger partial charge in [-0.2, -0.15) is 0 Å². The normalized spacial score (nSPS) is 10.7. The van der Waals surface area contributed by atoms with Crippen molar-refractivity contribution in [1.29, 1.82) is 0 Å². The summed E-state index contributed by atoms with van der Waals surface area (Å²) in [5.41, 5.74) is 1.52. The maximum atomic E-state index is 9.61.